The maximum atomic E-state index is 12.4. The molecule has 0 aromatic carbocycles. The van der Waals surface area contributed by atoms with Crippen LogP contribution in [-0.4, -0.2) is 45.9 Å². The topological polar surface area (TPSA) is 92.4 Å². The van der Waals surface area contributed by atoms with Crippen molar-refractivity contribution >= 4 is 23.1 Å². The highest BCUT2D eigenvalue weighted by Gasteiger charge is 2.35. The Morgan fingerprint density at radius 2 is 2.11 bits per heavy atom. The molecule has 0 aliphatic carbocycles. The molecule has 1 rings (SSSR count). The molecule has 0 aliphatic rings. The largest absolute Gasteiger partial charge is 0.405 e. The number of rotatable bonds is 5. The standard InChI is InChI=1S/C8H8ClF3N4O3/c9-6-5(16(18)19)7(14-4-13-6)15(1-2-17)3-8(10,11)12/h4,17H,1-3H2. The molecule has 0 bridgehead atoms. The minimum Gasteiger partial charge on any atom is -0.395 e. The Morgan fingerprint density at radius 3 is 2.58 bits per heavy atom. The predicted octanol–water partition coefficient (Wildman–Crippen LogP) is 1.40. The molecule has 0 fully saturated rings. The molecule has 1 heterocycles. The van der Waals surface area contributed by atoms with Crippen molar-refractivity contribution in [3.05, 3.63) is 21.6 Å². The third-order valence-electron chi connectivity index (χ3n) is 1.98. The summed E-state index contributed by atoms with van der Waals surface area (Å²) in [5.74, 6) is -0.587. The monoisotopic (exact) mass is 300 g/mol. The van der Waals surface area contributed by atoms with Gasteiger partial charge in [-0.2, -0.15) is 13.2 Å². The Labute approximate surface area is 109 Å². The fourth-order valence-corrected chi connectivity index (χ4v) is 1.53. The zero-order valence-electron chi connectivity index (χ0n) is 9.26. The van der Waals surface area contributed by atoms with Gasteiger partial charge in [-0.05, 0) is 0 Å². The minimum absolute atomic E-state index is 0.478. The second-order valence-corrected chi connectivity index (χ2v) is 3.71. The molecule has 0 radical (unpaired) electrons. The molecule has 1 aromatic rings. The minimum atomic E-state index is -4.61. The summed E-state index contributed by atoms with van der Waals surface area (Å²) in [4.78, 5) is 17.1. The van der Waals surface area contributed by atoms with E-state index >= 15 is 0 Å². The Balaban J connectivity index is 3.22. The Bertz CT molecular complexity index is 471. The van der Waals surface area contributed by atoms with Gasteiger partial charge in [-0.3, -0.25) is 10.1 Å². The van der Waals surface area contributed by atoms with Crippen LogP contribution in [0.25, 0.3) is 0 Å². The van der Waals surface area contributed by atoms with Crippen molar-refractivity contribution in [2.75, 3.05) is 24.6 Å². The normalized spacial score (nSPS) is 11.4. The van der Waals surface area contributed by atoms with Gasteiger partial charge in [0.05, 0.1) is 11.5 Å². The Morgan fingerprint density at radius 1 is 1.47 bits per heavy atom. The van der Waals surface area contributed by atoms with E-state index in [4.69, 9.17) is 16.7 Å². The third-order valence-corrected chi connectivity index (χ3v) is 2.26. The van der Waals surface area contributed by atoms with Crippen molar-refractivity contribution in [1.29, 1.82) is 0 Å². The molecule has 106 valence electrons. The van der Waals surface area contributed by atoms with Gasteiger partial charge < -0.3 is 10.0 Å². The van der Waals surface area contributed by atoms with Crippen LogP contribution in [0.15, 0.2) is 6.33 Å². The zero-order valence-corrected chi connectivity index (χ0v) is 10.0. The first-order valence-electron chi connectivity index (χ1n) is 4.83. The zero-order chi connectivity index (χ0) is 14.6. The number of anilines is 1. The van der Waals surface area contributed by atoms with Crippen LogP contribution in [0.2, 0.25) is 5.15 Å². The van der Waals surface area contributed by atoms with Crippen LogP contribution in [0, 0.1) is 10.1 Å². The van der Waals surface area contributed by atoms with E-state index in [2.05, 4.69) is 9.97 Å². The second-order valence-electron chi connectivity index (χ2n) is 3.35. The predicted molar refractivity (Wildman–Crippen MR) is 59.1 cm³/mol. The number of aliphatic hydroxyl groups excluding tert-OH is 1. The van der Waals surface area contributed by atoms with Gasteiger partial charge in [0.1, 0.15) is 12.9 Å². The van der Waals surface area contributed by atoms with Crippen LogP contribution in [0.3, 0.4) is 0 Å². The van der Waals surface area contributed by atoms with E-state index in [-0.39, 0.29) is 0 Å². The molecule has 0 amide bonds. The Kier molecular flexibility index (Phi) is 4.84. The molecule has 0 saturated heterocycles. The number of alkyl halides is 3. The number of hydrogen-bond donors (Lipinski definition) is 1. The average molecular weight is 301 g/mol. The molecule has 0 atom stereocenters. The Hall–Kier alpha value is -1.68. The molecule has 1 aromatic heterocycles. The van der Waals surface area contributed by atoms with E-state index in [1.807, 2.05) is 0 Å². The van der Waals surface area contributed by atoms with Crippen LogP contribution in [0.1, 0.15) is 0 Å². The first-order chi connectivity index (χ1) is 8.76. The van der Waals surface area contributed by atoms with Gasteiger partial charge in [-0.1, -0.05) is 11.6 Å². The molecule has 0 unspecified atom stereocenters. The molecular weight excluding hydrogens is 293 g/mol. The van der Waals surface area contributed by atoms with Crippen LogP contribution >= 0.6 is 11.6 Å². The van der Waals surface area contributed by atoms with Crippen LogP contribution in [-0.2, 0) is 0 Å². The number of halogens is 4. The summed E-state index contributed by atoms with van der Waals surface area (Å²) in [6.45, 7) is -2.61. The molecule has 0 aliphatic heterocycles. The van der Waals surface area contributed by atoms with Gasteiger partial charge in [-0.15, -0.1) is 0 Å². The average Bonchev–Trinajstić information content (AvgIpc) is 2.25. The molecular formula is C8H8ClF3N4O3. The summed E-state index contributed by atoms with van der Waals surface area (Å²) < 4.78 is 37.1. The number of hydrogen-bond acceptors (Lipinski definition) is 6. The van der Waals surface area contributed by atoms with Crippen LogP contribution in [0.5, 0.6) is 0 Å². The summed E-state index contributed by atoms with van der Waals surface area (Å²) >= 11 is 5.48. The second kappa shape index (κ2) is 5.97. The van der Waals surface area contributed by atoms with Gasteiger partial charge in [0.25, 0.3) is 0 Å². The summed E-state index contributed by atoms with van der Waals surface area (Å²) in [6, 6.07) is 0. The molecule has 1 N–H and O–H groups in total. The first kappa shape index (κ1) is 15.4. The van der Waals surface area contributed by atoms with E-state index in [0.29, 0.717) is 4.90 Å². The number of nitro groups is 1. The highest BCUT2D eigenvalue weighted by molar-refractivity contribution is 6.31. The number of aliphatic hydroxyl groups is 1. The van der Waals surface area contributed by atoms with Crippen molar-refractivity contribution in [2.45, 2.75) is 6.18 Å². The smallest absolute Gasteiger partial charge is 0.395 e. The summed E-state index contributed by atoms with van der Waals surface area (Å²) in [7, 11) is 0. The lowest BCUT2D eigenvalue weighted by atomic mass is 10.4. The van der Waals surface area contributed by atoms with Gasteiger partial charge >= 0.3 is 11.9 Å². The molecule has 19 heavy (non-hydrogen) atoms. The van der Waals surface area contributed by atoms with Crippen molar-refractivity contribution in [3.63, 3.8) is 0 Å². The highest BCUT2D eigenvalue weighted by Crippen LogP contribution is 2.32. The molecule has 7 nitrogen and oxygen atoms in total. The SMILES string of the molecule is O=[N+]([O-])c1c(Cl)ncnc1N(CCO)CC(F)(F)F. The first-order valence-corrected chi connectivity index (χ1v) is 5.21. The van der Waals surface area contributed by atoms with Crippen LogP contribution < -0.4 is 4.90 Å². The van der Waals surface area contributed by atoms with Gasteiger partial charge in [0.15, 0.2) is 0 Å². The summed E-state index contributed by atoms with van der Waals surface area (Å²) in [6.07, 6.45) is -3.80. The van der Waals surface area contributed by atoms with Gasteiger partial charge in [0, 0.05) is 6.54 Å². The summed E-state index contributed by atoms with van der Waals surface area (Å²) in [5.41, 5.74) is -0.832. The summed E-state index contributed by atoms with van der Waals surface area (Å²) in [5, 5.41) is 19.0. The van der Waals surface area contributed by atoms with Crippen molar-refractivity contribution in [1.82, 2.24) is 9.97 Å². The van der Waals surface area contributed by atoms with Crippen LogP contribution in [0.4, 0.5) is 24.7 Å². The van der Waals surface area contributed by atoms with E-state index in [1.54, 1.807) is 0 Å². The lowest BCUT2D eigenvalue weighted by Gasteiger charge is -2.23. The molecule has 0 spiro atoms. The lowest BCUT2D eigenvalue weighted by molar-refractivity contribution is -0.384. The van der Waals surface area contributed by atoms with E-state index < -0.39 is 47.5 Å². The van der Waals surface area contributed by atoms with E-state index in [0.717, 1.165) is 6.33 Å². The molecule has 11 heteroatoms. The number of aromatic nitrogens is 2. The van der Waals surface area contributed by atoms with Gasteiger partial charge in [-0.25, -0.2) is 9.97 Å². The van der Waals surface area contributed by atoms with E-state index in [9.17, 15) is 23.3 Å². The lowest BCUT2D eigenvalue weighted by Crippen LogP contribution is -2.37. The highest BCUT2D eigenvalue weighted by atomic mass is 35.5. The quantitative estimate of drug-likeness (QED) is 0.502. The van der Waals surface area contributed by atoms with Crippen molar-refractivity contribution < 1.29 is 23.2 Å². The maximum Gasteiger partial charge on any atom is 0.405 e. The van der Waals surface area contributed by atoms with Gasteiger partial charge in [0.2, 0.25) is 11.0 Å². The molecule has 0 saturated carbocycles. The van der Waals surface area contributed by atoms with Crippen molar-refractivity contribution in [3.8, 4) is 0 Å². The number of nitrogens with zero attached hydrogens (tertiary/aromatic N) is 4. The maximum absolute atomic E-state index is 12.4. The van der Waals surface area contributed by atoms with E-state index in [1.165, 1.54) is 0 Å². The third kappa shape index (κ3) is 4.17. The van der Waals surface area contributed by atoms with Crippen molar-refractivity contribution in [2.24, 2.45) is 0 Å². The fraction of sp³-hybridized carbons (Fsp3) is 0.500. The fourth-order valence-electron chi connectivity index (χ4n) is 1.33.